The topological polar surface area (TPSA) is 132 Å². The van der Waals surface area contributed by atoms with Crippen LogP contribution < -0.4 is 0 Å². The molecule has 0 saturated heterocycles. The Morgan fingerprint density at radius 1 is 1.00 bits per heavy atom. The quantitative estimate of drug-likeness (QED) is 0.283. The van der Waals surface area contributed by atoms with Gasteiger partial charge in [-0.25, -0.2) is 4.79 Å². The van der Waals surface area contributed by atoms with Gasteiger partial charge in [-0.05, 0) is 12.8 Å². The van der Waals surface area contributed by atoms with Crippen LogP contribution in [0.1, 0.15) is 45.4 Å². The number of aliphatic hydroxyl groups excluding tert-OH is 1. The number of carbonyl (C=O) groups excluding carboxylic acids is 1. The van der Waals surface area contributed by atoms with E-state index in [0.717, 1.165) is 19.3 Å². The molecule has 0 heterocycles. The fraction of sp³-hybridized carbons (Fsp3) is 0.727. The number of ketones is 1. The second-order valence-electron chi connectivity index (χ2n) is 3.60. The number of aliphatic hydroxyl groups is 2. The Bertz CT molecular complexity index is 260. The molecule has 0 rings (SSSR count). The van der Waals surface area contributed by atoms with Crippen molar-refractivity contribution in [1.82, 2.24) is 0 Å². The lowest BCUT2D eigenvalue weighted by Gasteiger charge is -1.99. The minimum absolute atomic E-state index is 0.425. The predicted molar refractivity (Wildman–Crippen MR) is 61.9 cm³/mol. The first kappa shape index (κ1) is 18.9. The van der Waals surface area contributed by atoms with Gasteiger partial charge in [0.25, 0.3) is 0 Å². The zero-order valence-corrected chi connectivity index (χ0v) is 10.3. The molecule has 0 unspecified atom stereocenters. The highest BCUT2D eigenvalue weighted by atomic mass is 16.5. The molecule has 0 atom stereocenters. The van der Waals surface area contributed by atoms with Crippen molar-refractivity contribution in [3.05, 3.63) is 0 Å². The Labute approximate surface area is 105 Å². The van der Waals surface area contributed by atoms with Crippen molar-refractivity contribution in [3.63, 3.8) is 0 Å². The lowest BCUT2D eigenvalue weighted by Crippen LogP contribution is -2.13. The van der Waals surface area contributed by atoms with Gasteiger partial charge in [0, 0.05) is 6.42 Å². The molecular formula is C11H20O7. The van der Waals surface area contributed by atoms with Crippen molar-refractivity contribution in [2.45, 2.75) is 51.7 Å². The standard InChI is InChI=1S/C6H14O2.C5H6O5/c1-2-3-4-5-6(7)8;6-3(5(9)10)1-2-4(7)8/h6-8H,2-5H2,1H3;1-2H2,(H,7,8)(H,9,10). The molecule has 0 aromatic heterocycles. The molecule has 7 nitrogen and oxygen atoms in total. The number of carbonyl (C=O) groups is 3. The van der Waals surface area contributed by atoms with E-state index in [9.17, 15) is 14.4 Å². The number of hydrogen-bond donors (Lipinski definition) is 4. The van der Waals surface area contributed by atoms with Crippen molar-refractivity contribution in [2.75, 3.05) is 0 Å². The highest BCUT2D eigenvalue weighted by molar-refractivity contribution is 6.32. The Kier molecular flexibility index (Phi) is 12.6. The van der Waals surface area contributed by atoms with Gasteiger partial charge in [0.2, 0.25) is 5.78 Å². The maximum atomic E-state index is 10.2. The van der Waals surface area contributed by atoms with Crippen LogP contribution in [-0.2, 0) is 14.4 Å². The summed E-state index contributed by atoms with van der Waals surface area (Å²) in [5, 5.41) is 32.6. The maximum absolute atomic E-state index is 10.2. The second kappa shape index (κ2) is 12.0. The van der Waals surface area contributed by atoms with Crippen LogP contribution in [-0.4, -0.2) is 44.4 Å². The van der Waals surface area contributed by atoms with Crippen molar-refractivity contribution in [3.8, 4) is 0 Å². The number of hydrogen-bond acceptors (Lipinski definition) is 5. The van der Waals surface area contributed by atoms with E-state index in [0.29, 0.717) is 6.42 Å². The second-order valence-corrected chi connectivity index (χ2v) is 3.60. The molecule has 106 valence electrons. The average Bonchev–Trinajstić information content (AvgIpc) is 2.26. The van der Waals surface area contributed by atoms with Crippen molar-refractivity contribution < 1.29 is 34.8 Å². The molecule has 0 aliphatic rings. The van der Waals surface area contributed by atoms with E-state index < -0.39 is 36.9 Å². The van der Waals surface area contributed by atoms with Crippen LogP contribution in [0, 0.1) is 0 Å². The van der Waals surface area contributed by atoms with E-state index in [-0.39, 0.29) is 0 Å². The summed E-state index contributed by atoms with van der Waals surface area (Å²) in [6.45, 7) is 2.09. The largest absolute Gasteiger partial charge is 0.481 e. The first-order valence-corrected chi connectivity index (χ1v) is 5.65. The van der Waals surface area contributed by atoms with Gasteiger partial charge in [0.15, 0.2) is 6.29 Å². The highest BCUT2D eigenvalue weighted by Gasteiger charge is 2.12. The molecule has 18 heavy (non-hydrogen) atoms. The van der Waals surface area contributed by atoms with Gasteiger partial charge in [0.05, 0.1) is 6.42 Å². The Morgan fingerprint density at radius 2 is 1.56 bits per heavy atom. The molecule has 0 radical (unpaired) electrons. The summed E-state index contributed by atoms with van der Waals surface area (Å²) in [4.78, 5) is 29.7. The fourth-order valence-corrected chi connectivity index (χ4v) is 0.904. The van der Waals surface area contributed by atoms with Crippen molar-refractivity contribution in [1.29, 1.82) is 0 Å². The number of rotatable bonds is 8. The molecule has 0 spiro atoms. The van der Waals surface area contributed by atoms with Gasteiger partial charge in [-0.2, -0.15) is 0 Å². The first-order chi connectivity index (χ1) is 8.31. The molecule has 4 N–H and O–H groups in total. The summed E-state index contributed by atoms with van der Waals surface area (Å²) in [7, 11) is 0. The highest BCUT2D eigenvalue weighted by Crippen LogP contribution is 1.99. The molecule has 0 aliphatic carbocycles. The zero-order chi connectivity index (χ0) is 14.6. The first-order valence-electron chi connectivity index (χ1n) is 5.65. The van der Waals surface area contributed by atoms with E-state index in [2.05, 4.69) is 6.92 Å². The van der Waals surface area contributed by atoms with Crippen LogP contribution in [0.4, 0.5) is 0 Å². The Hall–Kier alpha value is -1.47. The summed E-state index contributed by atoms with van der Waals surface area (Å²) < 4.78 is 0. The van der Waals surface area contributed by atoms with Crippen LogP contribution in [0.3, 0.4) is 0 Å². The van der Waals surface area contributed by atoms with Crippen molar-refractivity contribution in [2.24, 2.45) is 0 Å². The van der Waals surface area contributed by atoms with Crippen LogP contribution in [0.2, 0.25) is 0 Å². The van der Waals surface area contributed by atoms with Crippen LogP contribution in [0.15, 0.2) is 0 Å². The van der Waals surface area contributed by atoms with E-state index in [1.165, 1.54) is 0 Å². The molecule has 0 aromatic carbocycles. The molecule has 0 amide bonds. The summed E-state index contributed by atoms with van der Waals surface area (Å²) in [5.41, 5.74) is 0. The minimum Gasteiger partial charge on any atom is -0.481 e. The predicted octanol–water partition coefficient (Wildman–Crippen LogP) is 0.382. The molecule has 0 aromatic rings. The number of aliphatic carboxylic acids is 2. The van der Waals surface area contributed by atoms with Gasteiger partial charge >= 0.3 is 11.9 Å². The summed E-state index contributed by atoms with van der Waals surface area (Å²) in [5.74, 6) is -3.82. The number of carboxylic acid groups (broad SMARTS) is 2. The van der Waals surface area contributed by atoms with Crippen LogP contribution >= 0.6 is 0 Å². The smallest absolute Gasteiger partial charge is 0.372 e. The van der Waals surface area contributed by atoms with Gasteiger partial charge in [-0.1, -0.05) is 19.8 Å². The SMILES string of the molecule is CCCCCC(O)O.O=C(O)CCC(=O)C(=O)O. The van der Waals surface area contributed by atoms with Crippen molar-refractivity contribution >= 4 is 17.7 Å². The third-order valence-electron chi connectivity index (χ3n) is 1.87. The van der Waals surface area contributed by atoms with Crippen LogP contribution in [0.25, 0.3) is 0 Å². The van der Waals surface area contributed by atoms with Gasteiger partial charge < -0.3 is 20.4 Å². The minimum atomic E-state index is -1.58. The summed E-state index contributed by atoms with van der Waals surface area (Å²) in [6.07, 6.45) is 1.71. The maximum Gasteiger partial charge on any atom is 0.372 e. The van der Waals surface area contributed by atoms with E-state index in [1.807, 2.05) is 0 Å². The molecular weight excluding hydrogens is 244 g/mol. The number of unbranched alkanes of at least 4 members (excludes halogenated alkanes) is 2. The Morgan fingerprint density at radius 3 is 1.89 bits per heavy atom. The lowest BCUT2D eigenvalue weighted by molar-refractivity contribution is -0.149. The van der Waals surface area contributed by atoms with Gasteiger partial charge in [0.1, 0.15) is 0 Å². The Balaban J connectivity index is 0. The molecule has 0 aliphatic heterocycles. The third kappa shape index (κ3) is 16.9. The normalized spacial score (nSPS) is 9.56. The molecule has 0 bridgehead atoms. The zero-order valence-electron chi connectivity index (χ0n) is 10.3. The van der Waals surface area contributed by atoms with Crippen LogP contribution in [0.5, 0.6) is 0 Å². The fourth-order valence-electron chi connectivity index (χ4n) is 0.904. The van der Waals surface area contributed by atoms with E-state index >= 15 is 0 Å². The van der Waals surface area contributed by atoms with Gasteiger partial charge in [-0.15, -0.1) is 0 Å². The molecule has 0 saturated carbocycles. The number of Topliss-reactive ketones (excluding diaryl/α,β-unsaturated/α-hetero) is 1. The molecule has 0 fully saturated rings. The van der Waals surface area contributed by atoms with E-state index in [1.54, 1.807) is 0 Å². The summed E-state index contributed by atoms with van der Waals surface area (Å²) in [6, 6.07) is 0. The average molecular weight is 264 g/mol. The lowest BCUT2D eigenvalue weighted by atomic mass is 10.2. The molecule has 7 heteroatoms. The third-order valence-corrected chi connectivity index (χ3v) is 1.87. The monoisotopic (exact) mass is 264 g/mol. The van der Waals surface area contributed by atoms with E-state index in [4.69, 9.17) is 20.4 Å². The van der Waals surface area contributed by atoms with Gasteiger partial charge in [-0.3, -0.25) is 9.59 Å². The number of carboxylic acids is 2. The summed E-state index contributed by atoms with van der Waals surface area (Å²) >= 11 is 0.